The number of hydrogen-bond donors (Lipinski definition) is 12. The second-order valence-electron chi connectivity index (χ2n) is 23.9. The van der Waals surface area contributed by atoms with E-state index in [-0.39, 0.29) is 0 Å². The molecular weight excluding hydrogens is 1250 g/mol. The highest BCUT2D eigenvalue weighted by atomic mass is 16.4. The minimum Gasteiger partial charge on any atom is -0.427 e. The van der Waals surface area contributed by atoms with Gasteiger partial charge >= 0.3 is 42.7 Å². The maximum Gasteiger partial charge on any atom is 0.488 e. The summed E-state index contributed by atoms with van der Waals surface area (Å²) in [6, 6.07) is 80.0. The Morgan fingerprint density at radius 2 is 0.490 bits per heavy atom. The van der Waals surface area contributed by atoms with Crippen LogP contribution in [-0.2, 0) is 39.3 Å². The summed E-state index contributed by atoms with van der Waals surface area (Å²) in [6.45, 7) is 6.97. The number of pyridine rings is 6. The van der Waals surface area contributed by atoms with E-state index in [4.69, 9.17) is 20.1 Å². The van der Waals surface area contributed by atoms with Gasteiger partial charge in [0.2, 0.25) is 11.0 Å². The third-order valence-corrected chi connectivity index (χ3v) is 16.1. The molecule has 13 aromatic rings. The van der Waals surface area contributed by atoms with Crippen LogP contribution in [0.5, 0.6) is 0 Å². The molecule has 0 radical (unpaired) electrons. The van der Waals surface area contributed by atoms with Gasteiger partial charge in [-0.3, -0.25) is 0 Å². The van der Waals surface area contributed by atoms with E-state index in [0.29, 0.717) is 48.0 Å². The van der Waals surface area contributed by atoms with Crippen molar-refractivity contribution >= 4 is 86.4 Å². The highest BCUT2D eigenvalue weighted by molar-refractivity contribution is 6.59. The molecule has 7 aromatic carbocycles. The Bertz CT molecular complexity index is 4340. The topological polar surface area (TPSA) is 266 Å². The van der Waals surface area contributed by atoms with Crippen LogP contribution >= 0.6 is 0 Å². The summed E-state index contributed by atoms with van der Waals surface area (Å²) < 4.78 is 12.9. The average Bonchev–Trinajstić information content (AvgIpc) is 0.767. The van der Waals surface area contributed by atoms with Crippen LogP contribution in [0.2, 0.25) is 13.6 Å². The van der Waals surface area contributed by atoms with Crippen LogP contribution in [0, 0.1) is 0 Å². The van der Waals surface area contributed by atoms with Gasteiger partial charge in [0.1, 0.15) is 0 Å². The highest BCUT2D eigenvalue weighted by Crippen LogP contribution is 2.22. The number of rotatable bonds is 18. The normalized spacial score (nSPS) is 10.5. The molecule has 0 amide bonds. The second-order valence-corrected chi connectivity index (χ2v) is 23.9. The minimum absolute atomic E-state index is 0.483. The summed E-state index contributed by atoms with van der Waals surface area (Å²) >= 11 is 0. The van der Waals surface area contributed by atoms with Crippen molar-refractivity contribution in [3.05, 3.63) is 338 Å². The number of hydrogen-bond acceptors (Lipinski definition) is 12. The summed E-state index contributed by atoms with van der Waals surface area (Å²) in [4.78, 5) is 0. The molecule has 0 aliphatic rings. The lowest BCUT2D eigenvalue weighted by atomic mass is 9.79. The molecule has 0 saturated carbocycles. The van der Waals surface area contributed by atoms with Gasteiger partial charge in [-0.2, -0.15) is 9.13 Å². The maximum absolute atomic E-state index is 9.34. The molecule has 24 heteroatoms. The lowest BCUT2D eigenvalue weighted by molar-refractivity contribution is -0.688. The number of benzene rings is 7. The van der Waals surface area contributed by atoms with E-state index in [9.17, 15) is 40.2 Å². The zero-order valence-electron chi connectivity index (χ0n) is 55.6. The maximum atomic E-state index is 9.34. The Morgan fingerprint density at radius 3 is 0.770 bits per heavy atom. The molecule has 6 aromatic heterocycles. The van der Waals surface area contributed by atoms with Crippen molar-refractivity contribution in [1.82, 2.24) is 0 Å². The molecular formula is C76H80B6N6O12+6. The molecule has 0 fully saturated rings. The first-order valence-corrected chi connectivity index (χ1v) is 32.6. The number of fused-ring (bicyclic) bond motifs is 3. The second kappa shape index (κ2) is 37.2. The Labute approximate surface area is 584 Å². The van der Waals surface area contributed by atoms with Crippen molar-refractivity contribution in [2.75, 3.05) is 0 Å². The molecule has 12 N–H and O–H groups in total. The summed E-state index contributed by atoms with van der Waals surface area (Å²) in [5.41, 5.74) is 15.6. The fourth-order valence-electron chi connectivity index (χ4n) is 11.1. The molecule has 0 saturated heterocycles. The van der Waals surface area contributed by atoms with E-state index in [1.165, 1.54) is 46.6 Å². The number of nitrogens with zero attached hydrogens (tertiary/aromatic N) is 6. The van der Waals surface area contributed by atoms with Crippen molar-refractivity contribution in [2.45, 2.75) is 52.9 Å². The molecule has 0 unspecified atom stereocenters. The monoisotopic (exact) mass is 1330 g/mol. The van der Waals surface area contributed by atoms with E-state index in [0.717, 1.165) is 57.6 Å². The van der Waals surface area contributed by atoms with Gasteiger partial charge < -0.3 is 60.3 Å². The smallest absolute Gasteiger partial charge is 0.427 e. The van der Waals surface area contributed by atoms with Gasteiger partial charge in [0, 0.05) is 106 Å². The Balaban J connectivity index is 0.000000166. The molecule has 100 heavy (non-hydrogen) atoms. The van der Waals surface area contributed by atoms with Gasteiger partial charge in [-0.15, -0.1) is 0 Å². The highest BCUT2D eigenvalue weighted by Gasteiger charge is 2.20. The molecule has 6 heterocycles. The van der Waals surface area contributed by atoms with E-state index < -0.39 is 42.7 Å². The quantitative estimate of drug-likeness (QED) is 0.0332. The molecule has 13 rings (SSSR count). The van der Waals surface area contributed by atoms with Gasteiger partial charge in [0.05, 0.1) is 10.8 Å². The Morgan fingerprint density at radius 1 is 0.230 bits per heavy atom. The van der Waals surface area contributed by atoms with Crippen molar-refractivity contribution in [2.24, 2.45) is 0 Å². The predicted octanol–water partition coefficient (Wildman–Crippen LogP) is 1.61. The van der Waals surface area contributed by atoms with E-state index in [1.807, 2.05) is 107 Å². The molecule has 18 nitrogen and oxygen atoms in total. The van der Waals surface area contributed by atoms with Crippen LogP contribution in [0.15, 0.2) is 305 Å². The van der Waals surface area contributed by atoms with Crippen molar-refractivity contribution in [1.29, 1.82) is 0 Å². The predicted molar refractivity (Wildman–Crippen MR) is 391 cm³/mol. The first kappa shape index (κ1) is 74.1. The summed E-state index contributed by atoms with van der Waals surface area (Å²) in [5.74, 6) is 0. The van der Waals surface area contributed by atoms with Gasteiger partial charge in [-0.05, 0) is 69.9 Å². The fraction of sp³-hybridized carbons (Fsp3) is 0.105. The van der Waals surface area contributed by atoms with E-state index in [2.05, 4.69) is 176 Å². The van der Waals surface area contributed by atoms with Gasteiger partial charge in [0.15, 0.2) is 101 Å². The SMILES string of the molecule is CB(O)O.CB(O)O.OB(O)c1ccc(C[n+]2ccc(-c3cc[n+](Cc4ccc(B(O)O)cc4)cc3)cc2)cc1.OB(O)c1cccc(C[n+]2ccc(-c3cc[n+](Cc4cccc(B(O)O)c4)cc3)cc2)c1.c1ccc(C[n+]2cccc3c4ccc[n+](Cc5ccccc5)c4ccc32)cc1. The van der Waals surface area contributed by atoms with E-state index >= 15 is 0 Å². The van der Waals surface area contributed by atoms with Crippen LogP contribution in [0.4, 0.5) is 0 Å². The van der Waals surface area contributed by atoms with Gasteiger partial charge in [-0.1, -0.05) is 158 Å². The Kier molecular flexibility index (Phi) is 27.5. The van der Waals surface area contributed by atoms with E-state index in [1.54, 1.807) is 48.5 Å². The molecule has 0 atom stereocenters. The summed E-state index contributed by atoms with van der Waals surface area (Å²) in [6.07, 6.45) is 20.5. The lowest BCUT2D eigenvalue weighted by Gasteiger charge is -2.06. The lowest BCUT2D eigenvalue weighted by Crippen LogP contribution is -2.36. The number of aromatic nitrogens is 6. The third-order valence-electron chi connectivity index (χ3n) is 16.1. The standard InChI is InChI=1S/C26H22N2.2C24H24B2N2O4.2CH5BO2/c1-3-9-21(10-4-1)19-27-17-7-13-23-24-14-8-18-28(26(24)16-15-25(23)27)20-22-11-5-2-6-12-22;29-25(30)23-5-1-19(2-6-23)17-27-13-9-21(10-14-27)22-11-15-28(16-12-22)18-20-3-7-24(8-4-20)26(31)32;29-25(30)23-5-1-3-19(15-23)17-27-11-7-21(8-12-27)22-9-13-28(14-10-22)18-20-4-2-6-24(16-20)26(31)32;2*1-2(3)4/h1-18H,19-20H2;2*1-16,29-32H,17-18H2;2*3-4H,1H3/q3*+2;;. The molecule has 0 bridgehead atoms. The molecule has 498 valence electrons. The molecule has 0 aliphatic carbocycles. The van der Waals surface area contributed by atoms with Crippen LogP contribution in [0.3, 0.4) is 0 Å². The first-order chi connectivity index (χ1) is 48.3. The average molecular weight is 1330 g/mol. The summed E-state index contributed by atoms with van der Waals surface area (Å²) in [5, 5.41) is 107. The zero-order valence-corrected chi connectivity index (χ0v) is 55.6. The van der Waals surface area contributed by atoms with Crippen molar-refractivity contribution < 1.29 is 87.7 Å². The first-order valence-electron chi connectivity index (χ1n) is 32.6. The largest absolute Gasteiger partial charge is 0.488 e. The van der Waals surface area contributed by atoms with Crippen molar-refractivity contribution in [3.63, 3.8) is 0 Å². The van der Waals surface area contributed by atoms with Gasteiger partial charge in [0.25, 0.3) is 0 Å². The van der Waals surface area contributed by atoms with Crippen LogP contribution in [-0.4, -0.2) is 103 Å². The third kappa shape index (κ3) is 22.7. The van der Waals surface area contributed by atoms with Crippen molar-refractivity contribution in [3.8, 4) is 22.3 Å². The molecule has 0 aliphatic heterocycles. The molecule has 0 spiro atoms. The fourth-order valence-corrected chi connectivity index (χ4v) is 11.1. The van der Waals surface area contributed by atoms with Crippen LogP contribution in [0.25, 0.3) is 44.1 Å². The van der Waals surface area contributed by atoms with Crippen LogP contribution < -0.4 is 49.3 Å². The van der Waals surface area contributed by atoms with Crippen LogP contribution in [0.1, 0.15) is 33.4 Å². The summed E-state index contributed by atoms with van der Waals surface area (Å²) in [7, 11) is -8.15. The zero-order chi connectivity index (χ0) is 70.9. The minimum atomic E-state index is -1.46. The Hall–Kier alpha value is -10.1. The van der Waals surface area contributed by atoms with Gasteiger partial charge in [-0.25, -0.2) is 18.3 Å².